The van der Waals surface area contributed by atoms with Gasteiger partial charge in [0.25, 0.3) is 0 Å². The summed E-state index contributed by atoms with van der Waals surface area (Å²) >= 11 is 0. The highest BCUT2D eigenvalue weighted by atomic mass is 16.5. The van der Waals surface area contributed by atoms with Crippen molar-refractivity contribution in [2.45, 2.75) is 51.6 Å². The van der Waals surface area contributed by atoms with Crippen LogP contribution in [-0.2, 0) is 9.53 Å². The van der Waals surface area contributed by atoms with Gasteiger partial charge in [0, 0.05) is 18.8 Å². The predicted octanol–water partition coefficient (Wildman–Crippen LogP) is 1.35. The number of carboxylic acids is 1. The van der Waals surface area contributed by atoms with E-state index in [2.05, 4.69) is 10.6 Å². The number of hydrogen-bond donors (Lipinski definition) is 3. The van der Waals surface area contributed by atoms with Crippen molar-refractivity contribution in [1.29, 1.82) is 0 Å². The Labute approximate surface area is 113 Å². The lowest BCUT2D eigenvalue weighted by atomic mass is 9.93. The molecule has 0 saturated carbocycles. The molecule has 1 aliphatic rings. The maximum atomic E-state index is 11.9. The molecule has 0 aromatic heterocycles. The van der Waals surface area contributed by atoms with E-state index in [0.717, 1.165) is 12.8 Å². The van der Waals surface area contributed by atoms with Crippen molar-refractivity contribution in [2.24, 2.45) is 5.92 Å². The van der Waals surface area contributed by atoms with Crippen molar-refractivity contribution < 1.29 is 19.4 Å². The zero-order chi connectivity index (χ0) is 14.5. The van der Waals surface area contributed by atoms with Crippen molar-refractivity contribution in [3.05, 3.63) is 0 Å². The number of rotatable bonds is 5. The fourth-order valence-electron chi connectivity index (χ4n) is 2.08. The molecule has 0 aromatic rings. The lowest BCUT2D eigenvalue weighted by molar-refractivity contribution is -0.140. The van der Waals surface area contributed by atoms with Gasteiger partial charge in [-0.2, -0.15) is 0 Å². The summed E-state index contributed by atoms with van der Waals surface area (Å²) in [5.74, 6) is -1.10. The third-order valence-electron chi connectivity index (χ3n) is 3.78. The summed E-state index contributed by atoms with van der Waals surface area (Å²) in [7, 11) is 0. The maximum absolute atomic E-state index is 11.9. The first-order chi connectivity index (χ1) is 8.88. The number of urea groups is 1. The van der Waals surface area contributed by atoms with Gasteiger partial charge in [0.1, 0.15) is 6.04 Å². The van der Waals surface area contributed by atoms with Gasteiger partial charge >= 0.3 is 12.0 Å². The molecule has 0 aliphatic carbocycles. The van der Waals surface area contributed by atoms with E-state index in [1.54, 1.807) is 0 Å². The Kier molecular flexibility index (Phi) is 5.60. The minimum Gasteiger partial charge on any atom is -0.480 e. The van der Waals surface area contributed by atoms with Crippen LogP contribution in [0.1, 0.15) is 40.0 Å². The lowest BCUT2D eigenvalue weighted by Crippen LogP contribution is -2.56. The highest BCUT2D eigenvalue weighted by Crippen LogP contribution is 2.19. The van der Waals surface area contributed by atoms with Gasteiger partial charge in [-0.25, -0.2) is 9.59 Å². The van der Waals surface area contributed by atoms with E-state index in [4.69, 9.17) is 9.84 Å². The number of hydrogen-bond acceptors (Lipinski definition) is 3. The topological polar surface area (TPSA) is 87.7 Å². The van der Waals surface area contributed by atoms with E-state index in [9.17, 15) is 9.59 Å². The van der Waals surface area contributed by atoms with Crippen LogP contribution < -0.4 is 10.6 Å². The molecular weight excluding hydrogens is 248 g/mol. The Bertz CT molecular complexity index is 327. The Hall–Kier alpha value is -1.30. The molecule has 1 saturated heterocycles. The summed E-state index contributed by atoms with van der Waals surface area (Å²) in [6.45, 7) is 6.90. The number of carbonyl (C=O) groups is 2. The largest absolute Gasteiger partial charge is 0.480 e. The van der Waals surface area contributed by atoms with E-state index in [-0.39, 0.29) is 11.5 Å². The number of nitrogens with one attached hydrogen (secondary N) is 2. The quantitative estimate of drug-likeness (QED) is 0.705. The van der Waals surface area contributed by atoms with Crippen LogP contribution in [0.2, 0.25) is 0 Å². The molecule has 110 valence electrons. The van der Waals surface area contributed by atoms with Crippen LogP contribution in [-0.4, -0.2) is 41.9 Å². The summed E-state index contributed by atoms with van der Waals surface area (Å²) in [6, 6.07) is -1.27. The fourth-order valence-corrected chi connectivity index (χ4v) is 2.08. The van der Waals surface area contributed by atoms with Crippen LogP contribution >= 0.6 is 0 Å². The Balaban J connectivity index is 2.55. The van der Waals surface area contributed by atoms with Gasteiger partial charge in [0.15, 0.2) is 0 Å². The second-order valence-electron chi connectivity index (χ2n) is 5.47. The standard InChI is InChI=1S/C13H24N2O4/c1-4-9(2)10(11(16)17)14-12(18)15-13(3)5-7-19-8-6-13/h9-10H,4-8H2,1-3H3,(H,16,17)(H2,14,15,18)/t9?,10-/m0/s1. The lowest BCUT2D eigenvalue weighted by Gasteiger charge is -2.35. The minimum absolute atomic E-state index is 0.106. The van der Waals surface area contributed by atoms with Crippen LogP contribution in [0.25, 0.3) is 0 Å². The van der Waals surface area contributed by atoms with E-state index in [0.29, 0.717) is 19.6 Å². The molecule has 0 spiro atoms. The van der Waals surface area contributed by atoms with Crippen molar-refractivity contribution >= 4 is 12.0 Å². The average molecular weight is 272 g/mol. The second-order valence-corrected chi connectivity index (χ2v) is 5.47. The third-order valence-corrected chi connectivity index (χ3v) is 3.78. The van der Waals surface area contributed by atoms with Crippen LogP contribution in [0, 0.1) is 5.92 Å². The van der Waals surface area contributed by atoms with E-state index in [1.165, 1.54) is 0 Å². The van der Waals surface area contributed by atoms with Crippen LogP contribution in [0.15, 0.2) is 0 Å². The zero-order valence-electron chi connectivity index (χ0n) is 11.9. The first-order valence-corrected chi connectivity index (χ1v) is 6.77. The molecule has 6 nitrogen and oxygen atoms in total. The smallest absolute Gasteiger partial charge is 0.326 e. The SMILES string of the molecule is CCC(C)[C@H](NC(=O)NC1(C)CCOCC1)C(=O)O. The Morgan fingerprint density at radius 2 is 1.95 bits per heavy atom. The molecule has 2 amide bonds. The number of ether oxygens (including phenoxy) is 1. The van der Waals surface area contributed by atoms with Gasteiger partial charge in [-0.1, -0.05) is 20.3 Å². The number of carboxylic acid groups (broad SMARTS) is 1. The van der Waals surface area contributed by atoms with Crippen molar-refractivity contribution in [2.75, 3.05) is 13.2 Å². The Morgan fingerprint density at radius 1 is 1.37 bits per heavy atom. The molecular formula is C13H24N2O4. The van der Waals surface area contributed by atoms with Gasteiger partial charge in [-0.05, 0) is 25.7 Å². The van der Waals surface area contributed by atoms with E-state index < -0.39 is 18.0 Å². The summed E-state index contributed by atoms with van der Waals surface area (Å²) in [4.78, 5) is 23.1. The molecule has 1 unspecified atom stereocenters. The minimum atomic E-state index is -0.998. The summed E-state index contributed by atoms with van der Waals surface area (Å²) in [5.41, 5.74) is -0.319. The number of amides is 2. The highest BCUT2D eigenvalue weighted by Gasteiger charge is 2.31. The molecule has 3 N–H and O–H groups in total. The zero-order valence-corrected chi connectivity index (χ0v) is 11.9. The van der Waals surface area contributed by atoms with E-state index in [1.807, 2.05) is 20.8 Å². The molecule has 0 aromatic carbocycles. The molecule has 1 fully saturated rings. The van der Waals surface area contributed by atoms with Crippen LogP contribution in [0.5, 0.6) is 0 Å². The molecule has 2 atom stereocenters. The molecule has 1 rings (SSSR count). The molecule has 1 aliphatic heterocycles. The first kappa shape index (κ1) is 15.8. The fraction of sp³-hybridized carbons (Fsp3) is 0.846. The summed E-state index contributed by atoms with van der Waals surface area (Å²) in [5, 5.41) is 14.5. The van der Waals surface area contributed by atoms with Gasteiger partial charge in [-0.15, -0.1) is 0 Å². The predicted molar refractivity (Wildman–Crippen MR) is 71.0 cm³/mol. The third kappa shape index (κ3) is 4.70. The highest BCUT2D eigenvalue weighted by molar-refractivity contribution is 5.83. The first-order valence-electron chi connectivity index (χ1n) is 6.77. The molecule has 19 heavy (non-hydrogen) atoms. The molecule has 1 heterocycles. The number of carbonyl (C=O) groups excluding carboxylic acids is 1. The number of aliphatic carboxylic acids is 1. The van der Waals surface area contributed by atoms with Gasteiger partial charge < -0.3 is 20.5 Å². The summed E-state index contributed by atoms with van der Waals surface area (Å²) < 4.78 is 5.26. The molecule has 6 heteroatoms. The maximum Gasteiger partial charge on any atom is 0.326 e. The molecule has 0 bridgehead atoms. The van der Waals surface area contributed by atoms with Gasteiger partial charge in [0.05, 0.1) is 0 Å². The normalized spacial score (nSPS) is 21.2. The van der Waals surface area contributed by atoms with Crippen molar-refractivity contribution in [1.82, 2.24) is 10.6 Å². The van der Waals surface area contributed by atoms with Crippen LogP contribution in [0.3, 0.4) is 0 Å². The van der Waals surface area contributed by atoms with Gasteiger partial charge in [-0.3, -0.25) is 0 Å². The van der Waals surface area contributed by atoms with Crippen molar-refractivity contribution in [3.63, 3.8) is 0 Å². The Morgan fingerprint density at radius 3 is 2.42 bits per heavy atom. The summed E-state index contributed by atoms with van der Waals surface area (Å²) in [6.07, 6.45) is 2.17. The van der Waals surface area contributed by atoms with Gasteiger partial charge in [0.2, 0.25) is 0 Å². The molecule has 0 radical (unpaired) electrons. The second kappa shape index (κ2) is 6.75. The monoisotopic (exact) mass is 272 g/mol. The van der Waals surface area contributed by atoms with Crippen molar-refractivity contribution in [3.8, 4) is 0 Å². The van der Waals surface area contributed by atoms with E-state index >= 15 is 0 Å². The average Bonchev–Trinajstić information content (AvgIpc) is 2.35. The van der Waals surface area contributed by atoms with Crippen LogP contribution in [0.4, 0.5) is 4.79 Å².